The molecule has 1 saturated heterocycles. The van der Waals surface area contributed by atoms with Gasteiger partial charge >= 0.3 is 0 Å². The molecule has 2 atom stereocenters. The van der Waals surface area contributed by atoms with Crippen molar-refractivity contribution in [3.05, 3.63) is 22.4 Å². The number of hydrogen-bond donors (Lipinski definition) is 2. The van der Waals surface area contributed by atoms with Crippen molar-refractivity contribution in [2.45, 2.75) is 32.9 Å². The lowest BCUT2D eigenvalue weighted by atomic mass is 10.1. The third-order valence-electron chi connectivity index (χ3n) is 3.70. The van der Waals surface area contributed by atoms with Crippen LogP contribution in [-0.2, 0) is 4.74 Å². The van der Waals surface area contributed by atoms with Gasteiger partial charge in [0.05, 0.1) is 25.3 Å². The van der Waals surface area contributed by atoms with E-state index in [-0.39, 0.29) is 0 Å². The Morgan fingerprint density at radius 3 is 2.82 bits per heavy atom. The van der Waals surface area contributed by atoms with E-state index >= 15 is 0 Å². The standard InChI is InChI=1S/C16H28N4OS/c1-4-17-16(18-5-2)19-11-14(15-7-6-10-22-15)20-8-9-21-13(3)12-20/h6-7,10,13-14H,4-5,8-9,11-12H2,1-3H3,(H2,17,18,19). The summed E-state index contributed by atoms with van der Waals surface area (Å²) in [5.74, 6) is 0.896. The van der Waals surface area contributed by atoms with Crippen LogP contribution in [0.4, 0.5) is 0 Å². The van der Waals surface area contributed by atoms with Gasteiger partial charge in [-0.2, -0.15) is 0 Å². The molecule has 22 heavy (non-hydrogen) atoms. The molecule has 1 fully saturated rings. The van der Waals surface area contributed by atoms with Gasteiger partial charge in [-0.25, -0.2) is 0 Å². The summed E-state index contributed by atoms with van der Waals surface area (Å²) in [5, 5.41) is 8.73. The smallest absolute Gasteiger partial charge is 0.191 e. The zero-order valence-corrected chi connectivity index (χ0v) is 14.7. The number of rotatable bonds is 6. The predicted molar refractivity (Wildman–Crippen MR) is 93.7 cm³/mol. The van der Waals surface area contributed by atoms with Crippen LogP contribution < -0.4 is 10.6 Å². The topological polar surface area (TPSA) is 48.9 Å². The van der Waals surface area contributed by atoms with E-state index in [0.717, 1.165) is 45.3 Å². The highest BCUT2D eigenvalue weighted by atomic mass is 32.1. The summed E-state index contributed by atoms with van der Waals surface area (Å²) >= 11 is 1.81. The van der Waals surface area contributed by atoms with Gasteiger partial charge in [0.2, 0.25) is 0 Å². The summed E-state index contributed by atoms with van der Waals surface area (Å²) in [6.45, 7) is 11.6. The van der Waals surface area contributed by atoms with E-state index in [4.69, 9.17) is 9.73 Å². The lowest BCUT2D eigenvalue weighted by Gasteiger charge is -2.36. The van der Waals surface area contributed by atoms with Crippen molar-refractivity contribution in [1.29, 1.82) is 0 Å². The molecule has 0 bridgehead atoms. The van der Waals surface area contributed by atoms with E-state index in [1.807, 2.05) is 11.3 Å². The largest absolute Gasteiger partial charge is 0.376 e. The van der Waals surface area contributed by atoms with Crippen LogP contribution in [0.15, 0.2) is 22.5 Å². The zero-order chi connectivity index (χ0) is 15.8. The summed E-state index contributed by atoms with van der Waals surface area (Å²) in [6, 6.07) is 4.67. The fraction of sp³-hybridized carbons (Fsp3) is 0.688. The van der Waals surface area contributed by atoms with Gasteiger partial charge in [0.15, 0.2) is 5.96 Å². The van der Waals surface area contributed by atoms with Crippen LogP contribution >= 0.6 is 11.3 Å². The quantitative estimate of drug-likeness (QED) is 0.621. The highest BCUT2D eigenvalue weighted by Gasteiger charge is 2.26. The number of nitrogens with zero attached hydrogens (tertiary/aromatic N) is 2. The Bertz CT molecular complexity index is 441. The molecule has 0 aliphatic carbocycles. The monoisotopic (exact) mass is 324 g/mol. The second kappa shape index (κ2) is 9.12. The van der Waals surface area contributed by atoms with Gasteiger partial charge in [0.1, 0.15) is 0 Å². The van der Waals surface area contributed by atoms with E-state index in [1.165, 1.54) is 4.88 Å². The molecule has 124 valence electrons. The fourth-order valence-electron chi connectivity index (χ4n) is 2.68. The molecule has 5 nitrogen and oxygen atoms in total. The first-order valence-electron chi connectivity index (χ1n) is 8.15. The molecule has 2 heterocycles. The van der Waals surface area contributed by atoms with E-state index < -0.39 is 0 Å². The molecule has 1 aliphatic rings. The third-order valence-corrected chi connectivity index (χ3v) is 4.67. The SMILES string of the molecule is CCNC(=NCC(c1cccs1)N1CCOC(C)C1)NCC. The number of aliphatic imine (C=N–C) groups is 1. The first-order chi connectivity index (χ1) is 10.7. The normalized spacial score (nSPS) is 20.4. The number of hydrogen-bond acceptors (Lipinski definition) is 4. The fourth-order valence-corrected chi connectivity index (χ4v) is 3.53. The molecule has 2 rings (SSSR count). The average Bonchev–Trinajstić information content (AvgIpc) is 3.02. The third kappa shape index (κ3) is 4.97. The van der Waals surface area contributed by atoms with Gasteiger partial charge in [-0.1, -0.05) is 6.07 Å². The molecule has 1 aromatic heterocycles. The lowest BCUT2D eigenvalue weighted by Crippen LogP contribution is -2.44. The van der Waals surface area contributed by atoms with Crippen molar-refractivity contribution in [3.8, 4) is 0 Å². The molecule has 0 aromatic carbocycles. The maximum absolute atomic E-state index is 5.68. The van der Waals surface area contributed by atoms with Crippen molar-refractivity contribution >= 4 is 17.3 Å². The van der Waals surface area contributed by atoms with Crippen LogP contribution in [0, 0.1) is 0 Å². The van der Waals surface area contributed by atoms with Crippen molar-refractivity contribution < 1.29 is 4.74 Å². The summed E-state index contributed by atoms with van der Waals surface area (Å²) < 4.78 is 5.68. The molecule has 0 saturated carbocycles. The Hall–Kier alpha value is -1.11. The Balaban J connectivity index is 2.09. The minimum atomic E-state index is 0.294. The number of guanidine groups is 1. The first kappa shape index (κ1) is 17.2. The molecule has 1 aliphatic heterocycles. The zero-order valence-electron chi connectivity index (χ0n) is 13.8. The Morgan fingerprint density at radius 1 is 1.45 bits per heavy atom. The minimum Gasteiger partial charge on any atom is -0.376 e. The molecule has 6 heteroatoms. The van der Waals surface area contributed by atoms with Gasteiger partial charge < -0.3 is 15.4 Å². The van der Waals surface area contributed by atoms with Crippen molar-refractivity contribution in [3.63, 3.8) is 0 Å². The molecule has 2 unspecified atom stereocenters. The average molecular weight is 324 g/mol. The van der Waals surface area contributed by atoms with Gasteiger partial charge in [-0.15, -0.1) is 11.3 Å². The van der Waals surface area contributed by atoms with Crippen LogP contribution in [0.25, 0.3) is 0 Å². The van der Waals surface area contributed by atoms with Crippen LogP contribution in [0.1, 0.15) is 31.7 Å². The molecule has 2 N–H and O–H groups in total. The van der Waals surface area contributed by atoms with Gasteiger partial charge in [-0.05, 0) is 32.2 Å². The summed E-state index contributed by atoms with van der Waals surface area (Å²) in [7, 11) is 0. The van der Waals surface area contributed by atoms with Gasteiger partial charge in [0, 0.05) is 31.1 Å². The summed E-state index contributed by atoms with van der Waals surface area (Å²) in [5.41, 5.74) is 0. The number of morpholine rings is 1. The highest BCUT2D eigenvalue weighted by Crippen LogP contribution is 2.27. The van der Waals surface area contributed by atoms with E-state index in [2.05, 4.69) is 53.8 Å². The molecular weight excluding hydrogens is 296 g/mol. The lowest BCUT2D eigenvalue weighted by molar-refractivity contribution is -0.0327. The van der Waals surface area contributed by atoms with Crippen LogP contribution in [-0.4, -0.2) is 56.3 Å². The van der Waals surface area contributed by atoms with Gasteiger partial charge in [0.25, 0.3) is 0 Å². The predicted octanol–water partition coefficient (Wildman–Crippen LogP) is 2.08. The van der Waals surface area contributed by atoms with Crippen molar-refractivity contribution in [2.24, 2.45) is 4.99 Å². The summed E-state index contributed by atoms with van der Waals surface area (Å²) in [6.07, 6.45) is 0.294. The molecular formula is C16H28N4OS. The molecule has 0 radical (unpaired) electrons. The van der Waals surface area contributed by atoms with Crippen LogP contribution in [0.2, 0.25) is 0 Å². The van der Waals surface area contributed by atoms with Crippen LogP contribution in [0.5, 0.6) is 0 Å². The van der Waals surface area contributed by atoms with E-state index in [0.29, 0.717) is 12.1 Å². The van der Waals surface area contributed by atoms with E-state index in [1.54, 1.807) is 0 Å². The van der Waals surface area contributed by atoms with Gasteiger partial charge in [-0.3, -0.25) is 9.89 Å². The number of ether oxygens (including phenoxy) is 1. The Labute approximate surface area is 137 Å². The van der Waals surface area contributed by atoms with Crippen LogP contribution in [0.3, 0.4) is 0 Å². The minimum absolute atomic E-state index is 0.294. The second-order valence-corrected chi connectivity index (χ2v) is 6.44. The van der Waals surface area contributed by atoms with Crippen molar-refractivity contribution in [2.75, 3.05) is 39.3 Å². The molecule has 1 aromatic rings. The first-order valence-corrected chi connectivity index (χ1v) is 9.03. The number of nitrogens with one attached hydrogen (secondary N) is 2. The Morgan fingerprint density at radius 2 is 2.23 bits per heavy atom. The Kier molecular flexibility index (Phi) is 7.15. The van der Waals surface area contributed by atoms with E-state index in [9.17, 15) is 0 Å². The maximum atomic E-state index is 5.68. The summed E-state index contributed by atoms with van der Waals surface area (Å²) in [4.78, 5) is 8.66. The number of thiophene rings is 1. The maximum Gasteiger partial charge on any atom is 0.191 e. The highest BCUT2D eigenvalue weighted by molar-refractivity contribution is 7.10. The molecule has 0 spiro atoms. The molecule has 0 amide bonds. The second-order valence-electron chi connectivity index (χ2n) is 5.46. The van der Waals surface area contributed by atoms with Crippen molar-refractivity contribution in [1.82, 2.24) is 15.5 Å².